The third-order valence-corrected chi connectivity index (χ3v) is 3.68. The lowest BCUT2D eigenvalue weighted by Gasteiger charge is -2.06. The molecule has 0 bridgehead atoms. The van der Waals surface area contributed by atoms with E-state index < -0.39 is 27.3 Å². The van der Waals surface area contributed by atoms with Crippen LogP contribution in [0.1, 0.15) is 12.8 Å². The van der Waals surface area contributed by atoms with Gasteiger partial charge >= 0.3 is 0 Å². The molecule has 0 amide bonds. The Balaban J connectivity index is 2.69. The van der Waals surface area contributed by atoms with Crippen LogP contribution in [-0.2, 0) is 15.5 Å². The highest BCUT2D eigenvalue weighted by Gasteiger charge is 2.16. The Bertz CT molecular complexity index is 389. The molecule has 0 spiro atoms. The van der Waals surface area contributed by atoms with Crippen molar-refractivity contribution in [3.63, 3.8) is 0 Å². The molecule has 0 aliphatic carbocycles. The molecule has 1 unspecified atom stereocenters. The molecule has 2 N–H and O–H groups in total. The molecule has 1 aromatic rings. The van der Waals surface area contributed by atoms with E-state index in [1.807, 2.05) is 0 Å². The third-order valence-electron chi connectivity index (χ3n) is 2.18. The number of hydrogen-bond acceptors (Lipinski definition) is 3. The molecule has 0 radical (unpaired) electrons. The van der Waals surface area contributed by atoms with Gasteiger partial charge in [0.2, 0.25) is 0 Å². The summed E-state index contributed by atoms with van der Waals surface area (Å²) in [6.45, 7) is 0.546. The van der Waals surface area contributed by atoms with Gasteiger partial charge in [-0.2, -0.15) is 0 Å². The highest BCUT2D eigenvalue weighted by molar-refractivity contribution is 7.85. The summed E-state index contributed by atoms with van der Waals surface area (Å²) in [5, 5.41) is 0. The van der Waals surface area contributed by atoms with Crippen LogP contribution in [0.15, 0.2) is 17.0 Å². The Morgan fingerprint density at radius 3 is 2.41 bits per heavy atom. The van der Waals surface area contributed by atoms with E-state index in [-0.39, 0.29) is 11.4 Å². The number of benzene rings is 1. The van der Waals surface area contributed by atoms with Crippen molar-refractivity contribution in [3.05, 3.63) is 23.8 Å². The number of hydrogen-bond donors (Lipinski definition) is 1. The highest BCUT2D eigenvalue weighted by Crippen LogP contribution is 2.21. The number of nitrogen functional groups attached to an aromatic ring is 1. The van der Waals surface area contributed by atoms with E-state index >= 15 is 0 Å². The summed E-state index contributed by atoms with van der Waals surface area (Å²) in [6, 6.07) is 1.96. The Morgan fingerprint density at radius 1 is 1.29 bits per heavy atom. The first kappa shape index (κ1) is 14.1. The van der Waals surface area contributed by atoms with Gasteiger partial charge in [0.25, 0.3) is 0 Å². The molecule has 17 heavy (non-hydrogen) atoms. The van der Waals surface area contributed by atoms with E-state index in [4.69, 9.17) is 10.5 Å². The fourth-order valence-electron chi connectivity index (χ4n) is 1.38. The lowest BCUT2D eigenvalue weighted by molar-refractivity contribution is 0.194. The summed E-state index contributed by atoms with van der Waals surface area (Å²) >= 11 is 0. The molecule has 0 aliphatic rings. The first-order valence-corrected chi connectivity index (χ1v) is 6.50. The van der Waals surface area contributed by atoms with E-state index in [2.05, 4.69) is 0 Å². The zero-order chi connectivity index (χ0) is 12.8. The van der Waals surface area contributed by atoms with Crippen molar-refractivity contribution in [1.29, 1.82) is 0 Å². The van der Waals surface area contributed by atoms with Crippen LogP contribution in [0.2, 0.25) is 0 Å². The molecule has 1 aromatic carbocycles. The minimum absolute atomic E-state index is 0.0138. The lowest BCUT2D eigenvalue weighted by atomic mass is 10.3. The van der Waals surface area contributed by atoms with Crippen LogP contribution in [0.5, 0.6) is 0 Å². The fraction of sp³-hybridized carbons (Fsp3) is 0.455. The van der Waals surface area contributed by atoms with Gasteiger partial charge in [-0.25, -0.2) is 8.78 Å². The second kappa shape index (κ2) is 6.66. The van der Waals surface area contributed by atoms with Gasteiger partial charge in [0.05, 0.1) is 10.8 Å². The molecule has 0 aromatic heterocycles. The molecular weight excluding hydrogens is 248 g/mol. The topological polar surface area (TPSA) is 52.3 Å². The predicted octanol–water partition coefficient (Wildman–Crippen LogP) is 2.08. The van der Waals surface area contributed by atoms with E-state index in [0.29, 0.717) is 19.4 Å². The summed E-state index contributed by atoms with van der Waals surface area (Å²) in [5.74, 6) is -1.50. The van der Waals surface area contributed by atoms with Crippen LogP contribution in [-0.4, -0.2) is 23.7 Å². The molecule has 0 saturated heterocycles. The summed E-state index contributed by atoms with van der Waals surface area (Å²) in [5.41, 5.74) is 5.26. The molecular formula is C11H15F2NO2S. The monoisotopic (exact) mass is 263 g/mol. The van der Waals surface area contributed by atoms with Gasteiger partial charge < -0.3 is 10.5 Å². The maximum Gasteiger partial charge on any atom is 0.144 e. The number of unbranched alkanes of at least 4 members (excludes halogenated alkanes) is 1. The number of nitrogens with two attached hydrogens (primary N) is 1. The minimum atomic E-state index is -1.68. The number of methoxy groups -OCH3 is 1. The zero-order valence-electron chi connectivity index (χ0n) is 9.54. The third kappa shape index (κ3) is 4.05. The van der Waals surface area contributed by atoms with Gasteiger partial charge in [0.1, 0.15) is 16.5 Å². The second-order valence-electron chi connectivity index (χ2n) is 3.56. The van der Waals surface area contributed by atoms with Gasteiger partial charge in [-0.3, -0.25) is 4.21 Å². The minimum Gasteiger partial charge on any atom is -0.399 e. The SMILES string of the molecule is COCCCCS(=O)c1c(F)cc(N)cc1F. The lowest BCUT2D eigenvalue weighted by Crippen LogP contribution is -2.06. The summed E-state index contributed by atoms with van der Waals surface area (Å²) in [7, 11) is -0.114. The van der Waals surface area contributed by atoms with Crippen molar-refractivity contribution < 1.29 is 17.7 Å². The largest absolute Gasteiger partial charge is 0.399 e. The number of rotatable bonds is 6. The maximum atomic E-state index is 13.4. The summed E-state index contributed by atoms with van der Waals surface area (Å²) in [6.07, 6.45) is 1.30. The fourth-order valence-corrected chi connectivity index (χ4v) is 2.60. The Kier molecular flexibility index (Phi) is 5.50. The summed E-state index contributed by atoms with van der Waals surface area (Å²) < 4.78 is 43.3. The second-order valence-corrected chi connectivity index (χ2v) is 5.07. The standard InChI is InChI=1S/C11H15F2NO2S/c1-16-4-2-3-5-17(15)11-9(12)6-8(14)7-10(11)13/h6-7H,2-5,14H2,1H3. The molecule has 0 aliphatic heterocycles. The molecule has 0 fully saturated rings. The smallest absolute Gasteiger partial charge is 0.144 e. The van der Waals surface area contributed by atoms with Crippen LogP contribution in [0, 0.1) is 11.6 Å². The molecule has 0 saturated carbocycles. The van der Waals surface area contributed by atoms with Crippen LogP contribution in [0.3, 0.4) is 0 Å². The zero-order valence-corrected chi connectivity index (χ0v) is 10.4. The molecule has 1 rings (SSSR count). The average molecular weight is 263 g/mol. The van der Waals surface area contributed by atoms with Crippen LogP contribution in [0.4, 0.5) is 14.5 Å². The van der Waals surface area contributed by atoms with Crippen molar-refractivity contribution >= 4 is 16.5 Å². The normalized spacial score (nSPS) is 12.6. The first-order valence-electron chi connectivity index (χ1n) is 5.18. The van der Waals surface area contributed by atoms with E-state index in [1.54, 1.807) is 7.11 Å². The molecule has 3 nitrogen and oxygen atoms in total. The molecule has 6 heteroatoms. The van der Waals surface area contributed by atoms with Crippen LogP contribution >= 0.6 is 0 Å². The van der Waals surface area contributed by atoms with E-state index in [0.717, 1.165) is 12.1 Å². The van der Waals surface area contributed by atoms with Gasteiger partial charge in [-0.05, 0) is 25.0 Å². The van der Waals surface area contributed by atoms with Crippen LogP contribution < -0.4 is 5.73 Å². The number of halogens is 2. The van der Waals surface area contributed by atoms with Crippen molar-refractivity contribution in [2.45, 2.75) is 17.7 Å². The van der Waals surface area contributed by atoms with Gasteiger partial charge in [0.15, 0.2) is 0 Å². The molecule has 0 heterocycles. The van der Waals surface area contributed by atoms with Crippen molar-refractivity contribution in [2.24, 2.45) is 0 Å². The van der Waals surface area contributed by atoms with Crippen molar-refractivity contribution in [3.8, 4) is 0 Å². The van der Waals surface area contributed by atoms with E-state index in [1.165, 1.54) is 0 Å². The number of anilines is 1. The van der Waals surface area contributed by atoms with Crippen molar-refractivity contribution in [1.82, 2.24) is 0 Å². The van der Waals surface area contributed by atoms with Crippen molar-refractivity contribution in [2.75, 3.05) is 25.2 Å². The van der Waals surface area contributed by atoms with Crippen LogP contribution in [0.25, 0.3) is 0 Å². The molecule has 96 valence electrons. The quantitative estimate of drug-likeness (QED) is 0.631. The first-order chi connectivity index (χ1) is 8.06. The Hall–Kier alpha value is -1.01. The average Bonchev–Trinajstić information content (AvgIpc) is 2.23. The molecule has 1 atom stereocenters. The van der Waals surface area contributed by atoms with Gasteiger partial charge in [-0.1, -0.05) is 0 Å². The summed E-state index contributed by atoms with van der Waals surface area (Å²) in [4.78, 5) is -0.392. The predicted molar refractivity (Wildman–Crippen MR) is 63.2 cm³/mol. The maximum absolute atomic E-state index is 13.4. The Morgan fingerprint density at radius 2 is 1.88 bits per heavy atom. The highest BCUT2D eigenvalue weighted by atomic mass is 32.2. The van der Waals surface area contributed by atoms with Gasteiger partial charge in [-0.15, -0.1) is 0 Å². The number of ether oxygens (including phenoxy) is 1. The van der Waals surface area contributed by atoms with Gasteiger partial charge in [0, 0.05) is 25.2 Å². The van der Waals surface area contributed by atoms with E-state index in [9.17, 15) is 13.0 Å². The Labute approximate surface area is 101 Å².